The fraction of sp³-hybridized carbons (Fsp3) is 0.240. The van der Waals surface area contributed by atoms with E-state index in [0.29, 0.717) is 41.2 Å². The average molecular weight is 457 g/mol. The number of carbonyl (C=O) groups excluding carboxylic acids is 1. The Labute approximate surface area is 193 Å². The maximum atomic E-state index is 12.3. The molecule has 0 atom stereocenters. The van der Waals surface area contributed by atoms with Gasteiger partial charge in [-0.1, -0.05) is 61.3 Å². The van der Waals surface area contributed by atoms with Crippen molar-refractivity contribution in [2.45, 2.75) is 27.0 Å². The fourth-order valence-electron chi connectivity index (χ4n) is 2.96. The zero-order valence-corrected chi connectivity index (χ0v) is 19.1. The number of ether oxygens (including phenoxy) is 1. The summed E-state index contributed by atoms with van der Waals surface area (Å²) in [6.07, 6.45) is 0. The van der Waals surface area contributed by atoms with Crippen molar-refractivity contribution in [3.05, 3.63) is 93.5 Å². The molecule has 3 aromatic carbocycles. The zero-order chi connectivity index (χ0) is 22.2. The van der Waals surface area contributed by atoms with E-state index in [1.165, 1.54) is 0 Å². The maximum absolute atomic E-state index is 12.3. The van der Waals surface area contributed by atoms with Gasteiger partial charge in [-0.3, -0.25) is 4.79 Å². The number of hydrogen-bond acceptors (Lipinski definition) is 3. The van der Waals surface area contributed by atoms with Crippen LogP contribution in [0, 0.1) is 5.92 Å². The van der Waals surface area contributed by atoms with Crippen molar-refractivity contribution in [2.24, 2.45) is 5.92 Å². The first kappa shape index (κ1) is 23.0. The van der Waals surface area contributed by atoms with Crippen LogP contribution in [0.5, 0.6) is 5.75 Å². The molecule has 0 aliphatic carbocycles. The molecule has 31 heavy (non-hydrogen) atoms. The van der Waals surface area contributed by atoms with Crippen LogP contribution in [0.2, 0.25) is 10.0 Å². The minimum atomic E-state index is -0.0798. The molecule has 0 radical (unpaired) electrons. The van der Waals surface area contributed by atoms with E-state index in [0.717, 1.165) is 22.6 Å². The lowest BCUT2D eigenvalue weighted by Gasteiger charge is -2.15. The quantitative estimate of drug-likeness (QED) is 0.382. The average Bonchev–Trinajstić information content (AvgIpc) is 2.76. The third-order valence-corrected chi connectivity index (χ3v) is 5.25. The molecular formula is C25H26Cl2N2O2. The third kappa shape index (κ3) is 6.91. The molecule has 0 unspecified atom stereocenters. The molecule has 6 heteroatoms. The van der Waals surface area contributed by atoms with Gasteiger partial charge in [0, 0.05) is 45.5 Å². The minimum absolute atomic E-state index is 0.0798. The highest BCUT2D eigenvalue weighted by atomic mass is 35.5. The summed E-state index contributed by atoms with van der Waals surface area (Å²) in [7, 11) is 0. The lowest BCUT2D eigenvalue weighted by atomic mass is 10.1. The number of hydrogen-bond donors (Lipinski definition) is 2. The number of amides is 1. The van der Waals surface area contributed by atoms with E-state index < -0.39 is 0 Å². The number of benzene rings is 3. The Bertz CT molecular complexity index is 1040. The van der Waals surface area contributed by atoms with Crippen molar-refractivity contribution in [1.82, 2.24) is 5.32 Å². The predicted molar refractivity (Wildman–Crippen MR) is 128 cm³/mol. The molecule has 0 saturated heterocycles. The summed E-state index contributed by atoms with van der Waals surface area (Å²) in [6.45, 7) is 5.63. The molecule has 0 fully saturated rings. The molecule has 0 aromatic heterocycles. The molecule has 3 aromatic rings. The van der Waals surface area contributed by atoms with E-state index in [-0.39, 0.29) is 5.91 Å². The van der Waals surface area contributed by atoms with Crippen LogP contribution < -0.4 is 15.4 Å². The van der Waals surface area contributed by atoms with Crippen LogP contribution in [-0.4, -0.2) is 12.5 Å². The van der Waals surface area contributed by atoms with E-state index in [4.69, 9.17) is 27.9 Å². The van der Waals surface area contributed by atoms with E-state index in [1.54, 1.807) is 12.1 Å². The Balaban J connectivity index is 1.67. The van der Waals surface area contributed by atoms with Gasteiger partial charge in [-0.2, -0.15) is 0 Å². The van der Waals surface area contributed by atoms with Gasteiger partial charge in [0.15, 0.2) is 0 Å². The van der Waals surface area contributed by atoms with Gasteiger partial charge in [-0.15, -0.1) is 0 Å². The largest absolute Gasteiger partial charge is 0.488 e. The normalized spacial score (nSPS) is 10.7. The lowest BCUT2D eigenvalue weighted by Crippen LogP contribution is -2.27. The second kappa shape index (κ2) is 11.1. The second-order valence-corrected chi connectivity index (χ2v) is 8.51. The molecule has 0 bridgehead atoms. The zero-order valence-electron chi connectivity index (χ0n) is 17.6. The molecule has 4 nitrogen and oxygen atoms in total. The minimum Gasteiger partial charge on any atom is -0.488 e. The first-order chi connectivity index (χ1) is 14.9. The van der Waals surface area contributed by atoms with Crippen molar-refractivity contribution in [3.8, 4) is 5.75 Å². The van der Waals surface area contributed by atoms with E-state index in [2.05, 4.69) is 24.5 Å². The number of carbonyl (C=O) groups is 1. The Morgan fingerprint density at radius 2 is 1.77 bits per heavy atom. The predicted octanol–water partition coefficient (Wildman–Crippen LogP) is 6.57. The first-order valence-corrected chi connectivity index (χ1v) is 10.9. The monoisotopic (exact) mass is 456 g/mol. The summed E-state index contributed by atoms with van der Waals surface area (Å²) in [5.74, 6) is 1.05. The molecule has 0 aliphatic rings. The van der Waals surface area contributed by atoms with Crippen LogP contribution in [-0.2, 0) is 13.2 Å². The molecule has 3 rings (SSSR count). The van der Waals surface area contributed by atoms with Gasteiger partial charge in [0.05, 0.1) is 0 Å². The number of nitrogens with one attached hydrogen (secondary N) is 2. The van der Waals surface area contributed by atoms with Crippen molar-refractivity contribution in [2.75, 3.05) is 11.9 Å². The highest BCUT2D eigenvalue weighted by molar-refractivity contribution is 6.31. The van der Waals surface area contributed by atoms with E-state index in [9.17, 15) is 4.79 Å². The van der Waals surface area contributed by atoms with Crippen molar-refractivity contribution < 1.29 is 9.53 Å². The molecule has 1 amide bonds. The maximum Gasteiger partial charge on any atom is 0.251 e. The van der Waals surface area contributed by atoms with Gasteiger partial charge >= 0.3 is 0 Å². The molecular weight excluding hydrogens is 431 g/mol. The van der Waals surface area contributed by atoms with Gasteiger partial charge in [0.2, 0.25) is 0 Å². The van der Waals surface area contributed by atoms with Crippen LogP contribution in [0.15, 0.2) is 66.7 Å². The molecule has 0 heterocycles. The van der Waals surface area contributed by atoms with Gasteiger partial charge in [-0.05, 0) is 48.4 Å². The molecule has 2 N–H and O–H groups in total. The highest BCUT2D eigenvalue weighted by Gasteiger charge is 2.09. The molecule has 0 saturated carbocycles. The van der Waals surface area contributed by atoms with Crippen LogP contribution in [0.1, 0.15) is 35.3 Å². The Hall–Kier alpha value is -2.69. The lowest BCUT2D eigenvalue weighted by molar-refractivity contribution is 0.0949. The summed E-state index contributed by atoms with van der Waals surface area (Å²) in [4.78, 5) is 12.3. The second-order valence-electron chi connectivity index (χ2n) is 7.67. The van der Waals surface area contributed by atoms with E-state index in [1.807, 2.05) is 54.6 Å². The van der Waals surface area contributed by atoms with Crippen LogP contribution in [0.25, 0.3) is 0 Å². The summed E-state index contributed by atoms with van der Waals surface area (Å²) in [6, 6.07) is 20.5. The van der Waals surface area contributed by atoms with Crippen LogP contribution in [0.3, 0.4) is 0 Å². The van der Waals surface area contributed by atoms with Crippen LogP contribution in [0.4, 0.5) is 5.69 Å². The Kier molecular flexibility index (Phi) is 8.21. The molecule has 162 valence electrons. The van der Waals surface area contributed by atoms with Crippen molar-refractivity contribution >= 4 is 34.8 Å². The number of anilines is 1. The molecule has 0 spiro atoms. The van der Waals surface area contributed by atoms with Crippen molar-refractivity contribution in [3.63, 3.8) is 0 Å². The summed E-state index contributed by atoms with van der Waals surface area (Å²) in [5, 5.41) is 7.59. The topological polar surface area (TPSA) is 50.4 Å². The van der Waals surface area contributed by atoms with Crippen molar-refractivity contribution in [1.29, 1.82) is 0 Å². The number of rotatable bonds is 9. The summed E-state index contributed by atoms with van der Waals surface area (Å²) >= 11 is 12.4. The SMILES string of the molecule is CC(C)CNC(=O)c1cccc(NCc2cc(Cl)ccc2OCc2ccccc2Cl)c1. The van der Waals surface area contributed by atoms with Gasteiger partial charge in [-0.25, -0.2) is 0 Å². The summed E-state index contributed by atoms with van der Waals surface area (Å²) < 4.78 is 6.02. The first-order valence-electron chi connectivity index (χ1n) is 10.2. The smallest absolute Gasteiger partial charge is 0.251 e. The van der Waals surface area contributed by atoms with Gasteiger partial charge < -0.3 is 15.4 Å². The highest BCUT2D eigenvalue weighted by Crippen LogP contribution is 2.26. The van der Waals surface area contributed by atoms with Crippen LogP contribution >= 0.6 is 23.2 Å². The Morgan fingerprint density at radius 1 is 0.968 bits per heavy atom. The third-order valence-electron chi connectivity index (χ3n) is 4.64. The number of halogens is 2. The molecule has 0 aliphatic heterocycles. The standard InChI is InChI=1S/C25H26Cl2N2O2/c1-17(2)14-29-25(30)18-7-5-8-22(13-18)28-15-20-12-21(26)10-11-24(20)31-16-19-6-3-4-9-23(19)27/h3-13,17,28H,14-16H2,1-2H3,(H,29,30). The van der Waals surface area contributed by atoms with E-state index >= 15 is 0 Å². The fourth-order valence-corrected chi connectivity index (χ4v) is 3.35. The summed E-state index contributed by atoms with van der Waals surface area (Å²) in [5.41, 5.74) is 3.29. The van der Waals surface area contributed by atoms with Gasteiger partial charge in [0.1, 0.15) is 12.4 Å². The Morgan fingerprint density at radius 3 is 2.55 bits per heavy atom. The van der Waals surface area contributed by atoms with Gasteiger partial charge in [0.25, 0.3) is 5.91 Å².